The molecule has 1 N–H and O–H groups in total. The smallest absolute Gasteiger partial charge is 0.124 e. The van der Waals surface area contributed by atoms with E-state index in [2.05, 4.69) is 52.2 Å². The summed E-state index contributed by atoms with van der Waals surface area (Å²) < 4.78 is 6.64. The fraction of sp³-hybridized carbons (Fsp3) is 0.200. The van der Waals surface area contributed by atoms with Crippen molar-refractivity contribution in [2.45, 2.75) is 6.04 Å². The molecule has 1 unspecified atom stereocenters. The summed E-state index contributed by atoms with van der Waals surface area (Å²) in [6.45, 7) is 0. The van der Waals surface area contributed by atoms with Crippen LogP contribution in [0.15, 0.2) is 42.5 Å². The molecular formula is C15H15ClINO. The van der Waals surface area contributed by atoms with Crippen LogP contribution < -0.4 is 10.1 Å². The zero-order valence-electron chi connectivity index (χ0n) is 10.8. The molecule has 0 amide bonds. The topological polar surface area (TPSA) is 21.3 Å². The average Bonchev–Trinajstić information content (AvgIpc) is 2.40. The zero-order valence-corrected chi connectivity index (χ0v) is 13.7. The standard InChI is InChI=1S/C15H15ClINO/c1-18-15(10-4-3-5-12(17)8-10)13-9-11(16)6-7-14(13)19-2/h3-9,15,18H,1-2H3. The van der Waals surface area contributed by atoms with Crippen molar-refractivity contribution >= 4 is 34.2 Å². The molecule has 0 fully saturated rings. The third-order valence-electron chi connectivity index (χ3n) is 2.97. The van der Waals surface area contributed by atoms with Crippen LogP contribution in [0.4, 0.5) is 0 Å². The SMILES string of the molecule is CNC(c1cccc(I)c1)c1cc(Cl)ccc1OC. The third-order valence-corrected chi connectivity index (χ3v) is 3.88. The normalized spacial score (nSPS) is 12.2. The third kappa shape index (κ3) is 3.41. The van der Waals surface area contributed by atoms with Crippen LogP contribution in [0.2, 0.25) is 5.02 Å². The van der Waals surface area contributed by atoms with Crippen molar-refractivity contribution in [3.05, 3.63) is 62.2 Å². The van der Waals surface area contributed by atoms with Gasteiger partial charge in [-0.2, -0.15) is 0 Å². The van der Waals surface area contributed by atoms with E-state index < -0.39 is 0 Å². The molecule has 100 valence electrons. The van der Waals surface area contributed by atoms with Gasteiger partial charge in [-0.25, -0.2) is 0 Å². The summed E-state index contributed by atoms with van der Waals surface area (Å²) in [6.07, 6.45) is 0. The van der Waals surface area contributed by atoms with Gasteiger partial charge in [0.2, 0.25) is 0 Å². The first-order valence-electron chi connectivity index (χ1n) is 5.92. The highest BCUT2D eigenvalue weighted by Gasteiger charge is 2.17. The van der Waals surface area contributed by atoms with E-state index in [1.807, 2.05) is 25.2 Å². The van der Waals surface area contributed by atoms with Gasteiger partial charge in [-0.1, -0.05) is 23.7 Å². The first-order chi connectivity index (χ1) is 9.15. The van der Waals surface area contributed by atoms with E-state index in [-0.39, 0.29) is 6.04 Å². The summed E-state index contributed by atoms with van der Waals surface area (Å²) >= 11 is 8.42. The Labute approximate surface area is 132 Å². The molecule has 2 aromatic carbocycles. The lowest BCUT2D eigenvalue weighted by Gasteiger charge is -2.20. The van der Waals surface area contributed by atoms with E-state index in [0.29, 0.717) is 5.02 Å². The zero-order chi connectivity index (χ0) is 13.8. The molecule has 0 aromatic heterocycles. The summed E-state index contributed by atoms with van der Waals surface area (Å²) in [7, 11) is 3.61. The van der Waals surface area contributed by atoms with Crippen LogP contribution in [-0.4, -0.2) is 14.2 Å². The molecule has 0 radical (unpaired) electrons. The second-order valence-electron chi connectivity index (χ2n) is 4.16. The second-order valence-corrected chi connectivity index (χ2v) is 5.85. The van der Waals surface area contributed by atoms with Crippen LogP contribution in [0.3, 0.4) is 0 Å². The van der Waals surface area contributed by atoms with Crippen LogP contribution >= 0.6 is 34.2 Å². The van der Waals surface area contributed by atoms with E-state index in [1.54, 1.807) is 7.11 Å². The molecule has 0 saturated heterocycles. The van der Waals surface area contributed by atoms with Crippen molar-refractivity contribution in [1.82, 2.24) is 5.32 Å². The number of hydrogen-bond acceptors (Lipinski definition) is 2. The maximum absolute atomic E-state index is 6.11. The van der Waals surface area contributed by atoms with Crippen LogP contribution in [0.25, 0.3) is 0 Å². The molecular weight excluding hydrogens is 373 g/mol. The van der Waals surface area contributed by atoms with E-state index in [9.17, 15) is 0 Å². The fourth-order valence-electron chi connectivity index (χ4n) is 2.12. The average molecular weight is 388 g/mol. The molecule has 2 nitrogen and oxygen atoms in total. The minimum absolute atomic E-state index is 0.0587. The van der Waals surface area contributed by atoms with Crippen molar-refractivity contribution in [2.75, 3.05) is 14.2 Å². The highest BCUT2D eigenvalue weighted by molar-refractivity contribution is 14.1. The van der Waals surface area contributed by atoms with E-state index in [0.717, 1.165) is 11.3 Å². The molecule has 2 rings (SSSR count). The van der Waals surface area contributed by atoms with Crippen molar-refractivity contribution in [1.29, 1.82) is 0 Å². The number of hydrogen-bond donors (Lipinski definition) is 1. The van der Waals surface area contributed by atoms with Gasteiger partial charge in [0.05, 0.1) is 13.2 Å². The highest BCUT2D eigenvalue weighted by Crippen LogP contribution is 2.32. The summed E-state index contributed by atoms with van der Waals surface area (Å²) in [5.41, 5.74) is 2.23. The number of ether oxygens (including phenoxy) is 1. The molecule has 0 heterocycles. The van der Waals surface area contributed by atoms with Gasteiger partial charge >= 0.3 is 0 Å². The molecule has 0 aliphatic heterocycles. The fourth-order valence-corrected chi connectivity index (χ4v) is 2.87. The number of rotatable bonds is 4. The first-order valence-corrected chi connectivity index (χ1v) is 7.37. The predicted octanol–water partition coefficient (Wildman–Crippen LogP) is 4.26. The Hall–Kier alpha value is -0.780. The van der Waals surface area contributed by atoms with Crippen LogP contribution in [0.5, 0.6) is 5.75 Å². The van der Waals surface area contributed by atoms with Crippen molar-refractivity contribution < 1.29 is 4.74 Å². The Balaban J connectivity index is 2.50. The predicted molar refractivity (Wildman–Crippen MR) is 88.1 cm³/mol. The van der Waals surface area contributed by atoms with Gasteiger partial charge in [0.15, 0.2) is 0 Å². The van der Waals surface area contributed by atoms with Gasteiger partial charge in [0, 0.05) is 14.2 Å². The number of benzene rings is 2. The Morgan fingerprint density at radius 1 is 1.21 bits per heavy atom. The monoisotopic (exact) mass is 387 g/mol. The molecule has 0 bridgehead atoms. The highest BCUT2D eigenvalue weighted by atomic mass is 127. The van der Waals surface area contributed by atoms with Crippen LogP contribution in [-0.2, 0) is 0 Å². The molecule has 2 aromatic rings. The van der Waals surface area contributed by atoms with Crippen molar-refractivity contribution in [3.8, 4) is 5.75 Å². The first kappa shape index (κ1) is 14.6. The largest absolute Gasteiger partial charge is 0.496 e. The molecule has 19 heavy (non-hydrogen) atoms. The summed E-state index contributed by atoms with van der Waals surface area (Å²) in [6, 6.07) is 14.1. The number of methoxy groups -OCH3 is 1. The van der Waals surface area contributed by atoms with Gasteiger partial charge in [-0.05, 0) is 65.5 Å². The lowest BCUT2D eigenvalue weighted by Crippen LogP contribution is -2.18. The second kappa shape index (κ2) is 6.59. The molecule has 0 aliphatic carbocycles. The Morgan fingerprint density at radius 3 is 2.63 bits per heavy atom. The molecule has 0 spiro atoms. The maximum Gasteiger partial charge on any atom is 0.124 e. The van der Waals surface area contributed by atoms with Crippen LogP contribution in [0, 0.1) is 3.57 Å². The number of nitrogens with one attached hydrogen (secondary N) is 1. The maximum atomic E-state index is 6.11. The Bertz CT molecular complexity index is 574. The summed E-state index contributed by atoms with van der Waals surface area (Å²) in [4.78, 5) is 0. The van der Waals surface area contributed by atoms with Gasteiger partial charge in [0.1, 0.15) is 5.75 Å². The minimum Gasteiger partial charge on any atom is -0.496 e. The summed E-state index contributed by atoms with van der Waals surface area (Å²) in [5, 5.41) is 4.03. The van der Waals surface area contributed by atoms with Crippen molar-refractivity contribution in [3.63, 3.8) is 0 Å². The molecule has 1 atom stereocenters. The van der Waals surface area contributed by atoms with Gasteiger partial charge in [-0.3, -0.25) is 0 Å². The molecule has 0 saturated carbocycles. The van der Waals surface area contributed by atoms with E-state index >= 15 is 0 Å². The molecule has 4 heteroatoms. The summed E-state index contributed by atoms with van der Waals surface area (Å²) in [5.74, 6) is 0.836. The lowest BCUT2D eigenvalue weighted by molar-refractivity contribution is 0.405. The van der Waals surface area contributed by atoms with E-state index in [1.165, 1.54) is 9.13 Å². The van der Waals surface area contributed by atoms with Gasteiger partial charge in [0.25, 0.3) is 0 Å². The van der Waals surface area contributed by atoms with Crippen LogP contribution in [0.1, 0.15) is 17.2 Å². The lowest BCUT2D eigenvalue weighted by atomic mass is 9.98. The quantitative estimate of drug-likeness (QED) is 0.792. The number of halogens is 2. The Kier molecular flexibility index (Phi) is 5.07. The molecule has 0 aliphatic rings. The van der Waals surface area contributed by atoms with Gasteiger partial charge in [-0.15, -0.1) is 0 Å². The minimum atomic E-state index is 0.0587. The van der Waals surface area contributed by atoms with Gasteiger partial charge < -0.3 is 10.1 Å². The van der Waals surface area contributed by atoms with Crippen molar-refractivity contribution in [2.24, 2.45) is 0 Å². The Morgan fingerprint density at radius 2 is 2.00 bits per heavy atom. The van der Waals surface area contributed by atoms with E-state index in [4.69, 9.17) is 16.3 Å².